The minimum absolute atomic E-state index is 0.107. The third-order valence-electron chi connectivity index (χ3n) is 11.0. The molecule has 222 valence electrons. The number of para-hydroxylation sites is 2. The van der Waals surface area contributed by atoms with Crippen LogP contribution < -0.4 is 4.90 Å². The van der Waals surface area contributed by atoms with Crippen LogP contribution in [0.5, 0.6) is 0 Å². The van der Waals surface area contributed by atoms with E-state index < -0.39 is 0 Å². The van der Waals surface area contributed by atoms with Crippen molar-refractivity contribution >= 4 is 60.5 Å². The molecular weight excluding hydrogens is 558 g/mol. The minimum atomic E-state index is -0.130. The van der Waals surface area contributed by atoms with Crippen LogP contribution in [0.1, 0.15) is 38.8 Å². The molecule has 0 unspecified atom stereocenters. The molecule has 46 heavy (non-hydrogen) atoms. The number of fused-ring (bicyclic) bond motifs is 9. The molecule has 0 spiro atoms. The van der Waals surface area contributed by atoms with Crippen molar-refractivity contribution in [2.24, 2.45) is 0 Å². The predicted molar refractivity (Wildman–Crippen MR) is 195 cm³/mol. The monoisotopic (exact) mass is 593 g/mol. The molecule has 0 bridgehead atoms. The first-order valence-corrected chi connectivity index (χ1v) is 16.2. The van der Waals surface area contributed by atoms with Gasteiger partial charge in [0.2, 0.25) is 0 Å². The third kappa shape index (κ3) is 3.77. The summed E-state index contributed by atoms with van der Waals surface area (Å²) in [6.45, 7) is 9.67. The largest absolute Gasteiger partial charge is 0.456 e. The van der Waals surface area contributed by atoms with E-state index in [1.807, 2.05) is 12.1 Å². The van der Waals surface area contributed by atoms with Crippen LogP contribution in [-0.2, 0) is 10.8 Å². The molecule has 0 fully saturated rings. The predicted octanol–water partition coefficient (Wildman–Crippen LogP) is 12.6. The number of anilines is 3. The van der Waals surface area contributed by atoms with Crippen LogP contribution in [0.25, 0.3) is 54.6 Å². The van der Waals surface area contributed by atoms with E-state index in [4.69, 9.17) is 4.42 Å². The van der Waals surface area contributed by atoms with Gasteiger partial charge in [-0.2, -0.15) is 0 Å². The summed E-state index contributed by atoms with van der Waals surface area (Å²) in [6, 6.07) is 50.8. The lowest BCUT2D eigenvalue weighted by Crippen LogP contribution is -2.43. The van der Waals surface area contributed by atoms with E-state index in [1.54, 1.807) is 0 Å². The number of hydrogen-bond donors (Lipinski definition) is 0. The van der Waals surface area contributed by atoms with Crippen LogP contribution in [0.2, 0.25) is 0 Å². The van der Waals surface area contributed by atoms with Gasteiger partial charge in [-0.1, -0.05) is 107 Å². The summed E-state index contributed by atoms with van der Waals surface area (Å²) in [7, 11) is 0. The van der Waals surface area contributed by atoms with Gasteiger partial charge < -0.3 is 9.32 Å². The Kier molecular flexibility index (Phi) is 5.63. The van der Waals surface area contributed by atoms with Gasteiger partial charge >= 0.3 is 0 Å². The van der Waals surface area contributed by atoms with Crippen LogP contribution in [0.15, 0.2) is 144 Å². The van der Waals surface area contributed by atoms with Gasteiger partial charge in [0.1, 0.15) is 11.2 Å². The van der Waals surface area contributed by atoms with Crippen LogP contribution in [0, 0.1) is 0 Å². The highest BCUT2D eigenvalue weighted by Gasteiger charge is 2.46. The fourth-order valence-corrected chi connectivity index (χ4v) is 7.77. The molecule has 1 aliphatic carbocycles. The highest BCUT2D eigenvalue weighted by molar-refractivity contribution is 6.10. The molecule has 0 amide bonds. The molecule has 0 atom stereocenters. The van der Waals surface area contributed by atoms with Crippen molar-refractivity contribution in [2.45, 2.75) is 38.5 Å². The number of nitrogens with zero attached hydrogens (tertiary/aromatic N) is 1. The van der Waals surface area contributed by atoms with E-state index in [9.17, 15) is 0 Å². The smallest absolute Gasteiger partial charge is 0.137 e. The van der Waals surface area contributed by atoms with Crippen LogP contribution in [-0.4, -0.2) is 0 Å². The molecule has 2 heteroatoms. The molecular formula is C44H35NO. The summed E-state index contributed by atoms with van der Waals surface area (Å²) in [5.41, 5.74) is 10.3. The lowest BCUT2D eigenvalue weighted by Gasteiger charge is -2.48. The summed E-state index contributed by atoms with van der Waals surface area (Å²) in [5.74, 6) is 0. The van der Waals surface area contributed by atoms with Crippen LogP contribution in [0.4, 0.5) is 17.1 Å². The molecule has 2 nitrogen and oxygen atoms in total. The zero-order valence-electron chi connectivity index (χ0n) is 26.6. The normalized spacial score (nSPS) is 14.9. The fraction of sp³-hybridized carbons (Fsp3) is 0.136. The maximum absolute atomic E-state index is 6.34. The topological polar surface area (TPSA) is 16.4 Å². The Bertz CT molecular complexity index is 2480. The standard InChI is InChI=1S/C44H35NO/c1-43(2)39-25-31(45(30-13-6-5-7-14-30)32-21-23-36-35-16-10-11-17-41(35)46-42(36)26-32)20-22-34(39)38-24-29-19-18-28-12-8-9-15-33(28)37(29)27-40(38)44(43,3)4/h5-27H,1-4H3. The highest BCUT2D eigenvalue weighted by Crippen LogP contribution is 2.56. The van der Waals surface area contributed by atoms with Gasteiger partial charge in [-0.3, -0.25) is 0 Å². The van der Waals surface area contributed by atoms with Crippen molar-refractivity contribution < 1.29 is 4.42 Å². The van der Waals surface area contributed by atoms with Crippen molar-refractivity contribution in [3.63, 3.8) is 0 Å². The lowest BCUT2D eigenvalue weighted by molar-refractivity contribution is 0.299. The van der Waals surface area contributed by atoms with E-state index in [1.165, 1.54) is 43.8 Å². The molecule has 1 aliphatic rings. The molecule has 7 aromatic carbocycles. The first kappa shape index (κ1) is 27.0. The Labute approximate surface area is 269 Å². The number of benzene rings is 7. The molecule has 1 aromatic heterocycles. The second-order valence-electron chi connectivity index (χ2n) is 13.8. The molecule has 9 rings (SSSR count). The molecule has 0 aliphatic heterocycles. The van der Waals surface area contributed by atoms with Gasteiger partial charge in [-0.25, -0.2) is 0 Å². The quantitative estimate of drug-likeness (QED) is 0.189. The first-order chi connectivity index (χ1) is 22.3. The van der Waals surface area contributed by atoms with Crippen molar-refractivity contribution in [2.75, 3.05) is 4.90 Å². The highest BCUT2D eigenvalue weighted by atomic mass is 16.3. The molecule has 0 radical (unpaired) electrons. The first-order valence-electron chi connectivity index (χ1n) is 16.2. The van der Waals surface area contributed by atoms with Crippen molar-refractivity contribution in [3.05, 3.63) is 151 Å². The van der Waals surface area contributed by atoms with E-state index >= 15 is 0 Å². The van der Waals surface area contributed by atoms with Crippen molar-refractivity contribution in [1.82, 2.24) is 0 Å². The number of hydrogen-bond acceptors (Lipinski definition) is 2. The maximum atomic E-state index is 6.34. The van der Waals surface area contributed by atoms with Gasteiger partial charge in [-0.15, -0.1) is 0 Å². The SMILES string of the molecule is CC1(C)c2cc(N(c3ccccc3)c3ccc4c(c3)oc3ccccc34)ccc2-c2cc3ccc4ccccc4c3cc2C1(C)C. The van der Waals surface area contributed by atoms with E-state index in [0.717, 1.165) is 39.0 Å². The Balaban J connectivity index is 1.26. The van der Waals surface area contributed by atoms with E-state index in [2.05, 4.69) is 160 Å². The second-order valence-corrected chi connectivity index (χ2v) is 13.8. The molecule has 0 N–H and O–H groups in total. The van der Waals surface area contributed by atoms with Gasteiger partial charge in [-0.05, 0) is 109 Å². The zero-order valence-corrected chi connectivity index (χ0v) is 26.6. The van der Waals surface area contributed by atoms with Crippen LogP contribution >= 0.6 is 0 Å². The lowest BCUT2D eigenvalue weighted by atomic mass is 9.55. The number of furan rings is 1. The Morgan fingerprint density at radius 1 is 0.413 bits per heavy atom. The Hall–Kier alpha value is -5.34. The Morgan fingerprint density at radius 2 is 1.04 bits per heavy atom. The minimum Gasteiger partial charge on any atom is -0.456 e. The maximum Gasteiger partial charge on any atom is 0.137 e. The average molecular weight is 594 g/mol. The van der Waals surface area contributed by atoms with Gasteiger partial charge in [0.25, 0.3) is 0 Å². The van der Waals surface area contributed by atoms with Crippen molar-refractivity contribution in [3.8, 4) is 11.1 Å². The summed E-state index contributed by atoms with van der Waals surface area (Å²) in [5, 5.41) is 7.50. The second kappa shape index (κ2) is 9.58. The number of rotatable bonds is 3. The van der Waals surface area contributed by atoms with Gasteiger partial charge in [0.05, 0.1) is 0 Å². The zero-order chi connectivity index (χ0) is 31.2. The van der Waals surface area contributed by atoms with Gasteiger partial charge in [0.15, 0.2) is 0 Å². The molecule has 8 aromatic rings. The fourth-order valence-electron chi connectivity index (χ4n) is 7.77. The average Bonchev–Trinajstić information content (AvgIpc) is 3.45. The molecule has 1 heterocycles. The third-order valence-corrected chi connectivity index (χ3v) is 11.0. The van der Waals surface area contributed by atoms with E-state index in [-0.39, 0.29) is 10.8 Å². The van der Waals surface area contributed by atoms with Gasteiger partial charge in [0, 0.05) is 33.9 Å². The summed E-state index contributed by atoms with van der Waals surface area (Å²) >= 11 is 0. The van der Waals surface area contributed by atoms with Crippen molar-refractivity contribution in [1.29, 1.82) is 0 Å². The van der Waals surface area contributed by atoms with E-state index in [0.29, 0.717) is 0 Å². The molecule has 0 saturated heterocycles. The summed E-state index contributed by atoms with van der Waals surface area (Å²) < 4.78 is 6.34. The summed E-state index contributed by atoms with van der Waals surface area (Å²) in [4.78, 5) is 2.36. The summed E-state index contributed by atoms with van der Waals surface area (Å²) in [6.07, 6.45) is 0. The van der Waals surface area contributed by atoms with Crippen LogP contribution in [0.3, 0.4) is 0 Å². The Morgan fingerprint density at radius 3 is 1.87 bits per heavy atom. The molecule has 0 saturated carbocycles.